The highest BCUT2D eigenvalue weighted by molar-refractivity contribution is 6.15. The molecule has 174 valence electrons. The second kappa shape index (κ2) is 8.21. The van der Waals surface area contributed by atoms with Crippen LogP contribution >= 0.6 is 0 Å². The Morgan fingerprint density at radius 1 is 1.09 bits per heavy atom. The Morgan fingerprint density at radius 3 is 2.48 bits per heavy atom. The maximum atomic E-state index is 14.1. The lowest BCUT2D eigenvalue weighted by molar-refractivity contribution is -0.216. The number of carbonyl (C=O) groups excluding carboxylic acids is 3. The van der Waals surface area contributed by atoms with E-state index in [1.807, 2.05) is 26.0 Å². The second-order valence-electron chi connectivity index (χ2n) is 9.00. The summed E-state index contributed by atoms with van der Waals surface area (Å²) in [4.78, 5) is 39.9. The van der Waals surface area contributed by atoms with Gasteiger partial charge in [0.25, 0.3) is 0 Å². The molecule has 2 aromatic rings. The molecule has 0 radical (unpaired) electrons. The number of ether oxygens (including phenoxy) is 2. The number of Topliss-reactive ketones (excluding diaryl/α,β-unsaturated/α-hetero) is 1. The van der Waals surface area contributed by atoms with Gasteiger partial charge in [0.05, 0.1) is 11.1 Å². The van der Waals surface area contributed by atoms with E-state index in [-0.39, 0.29) is 35.9 Å². The van der Waals surface area contributed by atoms with Crippen molar-refractivity contribution in [2.24, 2.45) is 0 Å². The molecule has 0 bridgehead atoms. The molecule has 0 saturated carbocycles. The molecule has 4 rings (SSSR count). The summed E-state index contributed by atoms with van der Waals surface area (Å²) in [7, 11) is 0. The van der Waals surface area contributed by atoms with Crippen molar-refractivity contribution in [2.45, 2.75) is 70.6 Å². The third-order valence-corrected chi connectivity index (χ3v) is 6.36. The largest absolute Gasteiger partial charge is 0.445 e. The molecular formula is C26H30N2O5. The number of anilines is 1. The number of ketones is 1. The molecule has 2 aliphatic rings. The highest BCUT2D eigenvalue weighted by atomic mass is 16.7. The molecule has 1 amide bonds. The zero-order valence-electron chi connectivity index (χ0n) is 19.5. The van der Waals surface area contributed by atoms with Gasteiger partial charge in [-0.1, -0.05) is 52.0 Å². The Bertz CT molecular complexity index is 1140. The van der Waals surface area contributed by atoms with Gasteiger partial charge in [-0.25, -0.2) is 0 Å². The van der Waals surface area contributed by atoms with E-state index in [0.717, 1.165) is 5.56 Å². The number of fused-ring (bicyclic) bond motifs is 5. The molecule has 0 spiro atoms. The van der Waals surface area contributed by atoms with E-state index in [9.17, 15) is 14.4 Å². The molecule has 2 aromatic carbocycles. The molecule has 2 atom stereocenters. The minimum Gasteiger partial charge on any atom is -0.445 e. The first-order valence-corrected chi connectivity index (χ1v) is 11.5. The van der Waals surface area contributed by atoms with Crippen molar-refractivity contribution in [2.75, 3.05) is 5.73 Å². The fraction of sp³-hybridized carbons (Fsp3) is 0.423. The number of carbonyl (C=O) groups is 3. The number of nitrogens with one attached hydrogen (secondary N) is 1. The number of esters is 1. The summed E-state index contributed by atoms with van der Waals surface area (Å²) < 4.78 is 12.5. The van der Waals surface area contributed by atoms with Crippen LogP contribution in [0.15, 0.2) is 36.4 Å². The quantitative estimate of drug-likeness (QED) is 0.481. The van der Waals surface area contributed by atoms with E-state index in [1.165, 1.54) is 0 Å². The molecule has 1 aliphatic carbocycles. The lowest BCUT2D eigenvalue weighted by atomic mass is 9.81. The zero-order chi connectivity index (χ0) is 24.0. The van der Waals surface area contributed by atoms with Gasteiger partial charge >= 0.3 is 11.8 Å². The van der Waals surface area contributed by atoms with Crippen molar-refractivity contribution in [1.29, 1.82) is 0 Å². The van der Waals surface area contributed by atoms with E-state index in [1.54, 1.807) is 24.3 Å². The minimum atomic E-state index is -1.87. The Balaban J connectivity index is 2.02. The third kappa shape index (κ3) is 3.21. The smallest absolute Gasteiger partial charge is 0.317 e. The monoisotopic (exact) mass is 450 g/mol. The van der Waals surface area contributed by atoms with E-state index in [2.05, 4.69) is 19.2 Å². The Morgan fingerprint density at radius 2 is 1.82 bits per heavy atom. The fourth-order valence-corrected chi connectivity index (χ4v) is 4.79. The van der Waals surface area contributed by atoms with Crippen LogP contribution in [0.4, 0.5) is 5.69 Å². The number of hydrogen-bond donors (Lipinski definition) is 2. The van der Waals surface area contributed by atoms with Crippen molar-refractivity contribution in [3.63, 3.8) is 0 Å². The normalized spacial score (nSPS) is 22.4. The van der Waals surface area contributed by atoms with Crippen LogP contribution in [0.25, 0.3) is 0 Å². The van der Waals surface area contributed by atoms with E-state index in [0.29, 0.717) is 29.7 Å². The van der Waals surface area contributed by atoms with Crippen molar-refractivity contribution in [3.8, 4) is 5.75 Å². The first kappa shape index (κ1) is 22.8. The van der Waals surface area contributed by atoms with Crippen LogP contribution in [0.5, 0.6) is 5.75 Å². The Labute approximate surface area is 193 Å². The average molecular weight is 451 g/mol. The molecule has 7 heteroatoms. The number of benzene rings is 2. The number of nitrogens with two attached hydrogens (primary N) is 1. The zero-order valence-corrected chi connectivity index (χ0v) is 19.5. The molecule has 7 nitrogen and oxygen atoms in total. The topological polar surface area (TPSA) is 108 Å². The van der Waals surface area contributed by atoms with Gasteiger partial charge in [-0.15, -0.1) is 0 Å². The van der Waals surface area contributed by atoms with Crippen LogP contribution in [0.2, 0.25) is 0 Å². The first-order valence-electron chi connectivity index (χ1n) is 11.5. The summed E-state index contributed by atoms with van der Waals surface area (Å²) in [5.41, 5.74) is 6.71. The standard InChI is InChI=1S/C26H30N2O5/c1-5-8-21(29)28-25-17-13-12-16(15(3)4)14-20(17)32-26(25,33-22(30)9-6-2)18-10-7-11-19(27)23(18)24(25)31/h7,10-15H,5-6,8-9,27H2,1-4H3,(H,28,29)/t25-,26+/m0/s1. The molecule has 1 heterocycles. The second-order valence-corrected chi connectivity index (χ2v) is 9.00. The van der Waals surface area contributed by atoms with Gasteiger partial charge in [-0.05, 0) is 36.5 Å². The number of nitrogen functional groups attached to an aromatic ring is 1. The molecule has 1 aliphatic heterocycles. The molecule has 0 unspecified atom stereocenters. The summed E-state index contributed by atoms with van der Waals surface area (Å²) in [6.45, 7) is 7.84. The SMILES string of the molecule is CCCC(=O)N[C@@]12C(=O)c3c(N)cccc3[C@]1(OC(=O)CCC)Oc1cc(C(C)C)ccc12. The summed E-state index contributed by atoms with van der Waals surface area (Å²) in [6, 6.07) is 10.5. The van der Waals surface area contributed by atoms with Gasteiger partial charge in [-0.3, -0.25) is 14.4 Å². The average Bonchev–Trinajstić information content (AvgIpc) is 3.13. The van der Waals surface area contributed by atoms with Crippen molar-refractivity contribution in [3.05, 3.63) is 58.7 Å². The van der Waals surface area contributed by atoms with Gasteiger partial charge in [0.2, 0.25) is 17.2 Å². The minimum absolute atomic E-state index is 0.142. The fourth-order valence-electron chi connectivity index (χ4n) is 4.79. The lowest BCUT2D eigenvalue weighted by Crippen LogP contribution is -2.61. The predicted molar refractivity (Wildman–Crippen MR) is 124 cm³/mol. The molecule has 3 N–H and O–H groups in total. The van der Waals surface area contributed by atoms with Crippen LogP contribution in [0.1, 0.15) is 86.3 Å². The maximum Gasteiger partial charge on any atom is 0.317 e. The molecule has 0 aromatic heterocycles. The van der Waals surface area contributed by atoms with E-state index < -0.39 is 23.1 Å². The molecule has 0 fully saturated rings. The van der Waals surface area contributed by atoms with Gasteiger partial charge < -0.3 is 20.5 Å². The summed E-state index contributed by atoms with van der Waals surface area (Å²) in [5, 5.41) is 2.93. The van der Waals surface area contributed by atoms with Crippen LogP contribution in [0.3, 0.4) is 0 Å². The summed E-state index contributed by atoms with van der Waals surface area (Å²) in [5.74, 6) is -2.56. The predicted octanol–water partition coefficient (Wildman–Crippen LogP) is 4.29. The number of hydrogen-bond acceptors (Lipinski definition) is 6. The van der Waals surface area contributed by atoms with Crippen LogP contribution < -0.4 is 15.8 Å². The maximum absolute atomic E-state index is 14.1. The van der Waals surface area contributed by atoms with Crippen LogP contribution in [0, 0.1) is 0 Å². The summed E-state index contributed by atoms with van der Waals surface area (Å²) in [6.07, 6.45) is 1.50. The van der Waals surface area contributed by atoms with Crippen molar-refractivity contribution >= 4 is 23.3 Å². The van der Waals surface area contributed by atoms with Crippen LogP contribution in [-0.2, 0) is 25.7 Å². The van der Waals surface area contributed by atoms with Crippen molar-refractivity contribution < 1.29 is 23.9 Å². The summed E-state index contributed by atoms with van der Waals surface area (Å²) >= 11 is 0. The highest BCUT2D eigenvalue weighted by Crippen LogP contribution is 2.61. The molecule has 0 saturated heterocycles. The first-order chi connectivity index (χ1) is 15.7. The Kier molecular flexibility index (Phi) is 5.68. The van der Waals surface area contributed by atoms with Crippen molar-refractivity contribution in [1.82, 2.24) is 5.32 Å². The van der Waals surface area contributed by atoms with E-state index in [4.69, 9.17) is 15.2 Å². The number of rotatable bonds is 7. The van der Waals surface area contributed by atoms with Gasteiger partial charge in [-0.2, -0.15) is 0 Å². The van der Waals surface area contributed by atoms with E-state index >= 15 is 0 Å². The number of amides is 1. The molecule has 33 heavy (non-hydrogen) atoms. The van der Waals surface area contributed by atoms with Gasteiger partial charge in [0.15, 0.2) is 0 Å². The Hall–Kier alpha value is -3.35. The van der Waals surface area contributed by atoms with Crippen LogP contribution in [-0.4, -0.2) is 17.7 Å². The third-order valence-electron chi connectivity index (χ3n) is 6.36. The molecular weight excluding hydrogens is 420 g/mol. The lowest BCUT2D eigenvalue weighted by Gasteiger charge is -2.37. The van der Waals surface area contributed by atoms with Gasteiger partial charge in [0, 0.05) is 24.1 Å². The highest BCUT2D eigenvalue weighted by Gasteiger charge is 2.75. The van der Waals surface area contributed by atoms with Gasteiger partial charge in [0.1, 0.15) is 5.75 Å².